The molecule has 13 heteroatoms. The number of anilines is 1. The molecule has 0 bridgehead atoms. The van der Waals surface area contributed by atoms with Crippen molar-refractivity contribution in [2.45, 2.75) is 54.9 Å². The standard InChI is InChI=1S/C14H19N5O5.C5H7ClN2.2C2H6/c1-9-12(19(20)21)14(24-7-5-6-22-3)17-18(9)11-8-15-10(2)16-13(11)23-4;1-3-4(6)2-8-5(3)7;2*1-2/h8H,5-7H2,1-4H3;2,8H,7H2,1H3;2*1-2H3. The third kappa shape index (κ3) is 9.00. The molecule has 0 amide bonds. The number of aromatic amines is 1. The van der Waals surface area contributed by atoms with Crippen molar-refractivity contribution in [3.8, 4) is 17.4 Å². The zero-order valence-electron chi connectivity index (χ0n) is 22.5. The van der Waals surface area contributed by atoms with Gasteiger partial charge in [-0.2, -0.15) is 4.98 Å². The molecule has 0 radical (unpaired) electrons. The van der Waals surface area contributed by atoms with E-state index in [0.717, 1.165) is 5.56 Å². The van der Waals surface area contributed by atoms with Gasteiger partial charge in [0.15, 0.2) is 0 Å². The minimum Gasteiger partial charge on any atom is -0.479 e. The van der Waals surface area contributed by atoms with Crippen LogP contribution >= 0.6 is 11.6 Å². The molecule has 3 aromatic rings. The predicted molar refractivity (Wildman–Crippen MR) is 141 cm³/mol. The van der Waals surface area contributed by atoms with Crippen LogP contribution < -0.4 is 15.2 Å². The molecule has 0 fully saturated rings. The van der Waals surface area contributed by atoms with Gasteiger partial charge in [0.05, 0.1) is 29.9 Å². The number of hydrogen-bond donors (Lipinski definition) is 2. The average Bonchev–Trinajstić information content (AvgIpc) is 3.37. The summed E-state index contributed by atoms with van der Waals surface area (Å²) in [5.74, 6) is 1.38. The summed E-state index contributed by atoms with van der Waals surface area (Å²) in [6.07, 6.45) is 3.77. The van der Waals surface area contributed by atoms with Crippen LogP contribution in [0.2, 0.25) is 5.02 Å². The van der Waals surface area contributed by atoms with Gasteiger partial charge in [0.25, 0.3) is 0 Å². The molecule has 3 rings (SSSR count). The first kappa shape index (κ1) is 32.6. The van der Waals surface area contributed by atoms with Crippen LogP contribution in [0.4, 0.5) is 11.5 Å². The summed E-state index contributed by atoms with van der Waals surface area (Å²) in [4.78, 5) is 21.9. The molecule has 0 unspecified atom stereocenters. The molecule has 3 aromatic heterocycles. The Morgan fingerprint density at radius 1 is 1.14 bits per heavy atom. The number of aryl methyl sites for hydroxylation is 1. The number of ether oxygens (including phenoxy) is 3. The molecule has 202 valence electrons. The van der Waals surface area contributed by atoms with Crippen molar-refractivity contribution < 1.29 is 19.1 Å². The second kappa shape index (κ2) is 17.1. The third-order valence-electron chi connectivity index (χ3n) is 4.36. The van der Waals surface area contributed by atoms with E-state index in [2.05, 4.69) is 20.1 Å². The van der Waals surface area contributed by atoms with Gasteiger partial charge in [-0.3, -0.25) is 10.1 Å². The molecule has 36 heavy (non-hydrogen) atoms. The number of methoxy groups -OCH3 is 2. The van der Waals surface area contributed by atoms with Gasteiger partial charge in [0.1, 0.15) is 23.0 Å². The van der Waals surface area contributed by atoms with Crippen LogP contribution in [0, 0.1) is 30.9 Å². The topological polar surface area (TPSA) is 156 Å². The fraction of sp³-hybridized carbons (Fsp3) is 0.522. The van der Waals surface area contributed by atoms with Crippen LogP contribution in [0.25, 0.3) is 5.69 Å². The van der Waals surface area contributed by atoms with E-state index in [-0.39, 0.29) is 24.1 Å². The van der Waals surface area contributed by atoms with Gasteiger partial charge in [-0.1, -0.05) is 39.3 Å². The van der Waals surface area contributed by atoms with E-state index in [1.807, 2.05) is 34.6 Å². The Morgan fingerprint density at radius 3 is 2.22 bits per heavy atom. The Kier molecular flexibility index (Phi) is 15.5. The summed E-state index contributed by atoms with van der Waals surface area (Å²) in [6.45, 7) is 13.9. The minimum atomic E-state index is -0.522. The minimum absolute atomic E-state index is 0.0590. The summed E-state index contributed by atoms with van der Waals surface area (Å²) in [5, 5.41) is 16.3. The van der Waals surface area contributed by atoms with Gasteiger partial charge in [-0.25, -0.2) is 9.67 Å². The number of aromatic nitrogens is 5. The number of nitrogen functional groups attached to an aromatic ring is 1. The Labute approximate surface area is 217 Å². The van der Waals surface area contributed by atoms with Crippen molar-refractivity contribution in [3.63, 3.8) is 0 Å². The number of nitrogens with one attached hydrogen (secondary N) is 1. The van der Waals surface area contributed by atoms with Crippen LogP contribution in [0.3, 0.4) is 0 Å². The largest absolute Gasteiger partial charge is 0.479 e. The molecule has 0 aliphatic heterocycles. The van der Waals surface area contributed by atoms with Crippen molar-refractivity contribution >= 4 is 23.1 Å². The molecule has 0 aromatic carbocycles. The summed E-state index contributed by atoms with van der Waals surface area (Å²) >= 11 is 5.62. The van der Waals surface area contributed by atoms with Gasteiger partial charge in [0, 0.05) is 31.9 Å². The average molecular weight is 528 g/mol. The fourth-order valence-corrected chi connectivity index (χ4v) is 2.76. The van der Waals surface area contributed by atoms with E-state index in [0.29, 0.717) is 41.1 Å². The van der Waals surface area contributed by atoms with Gasteiger partial charge in [-0.05, 0) is 20.8 Å². The van der Waals surface area contributed by atoms with Crippen LogP contribution in [-0.4, -0.2) is 57.1 Å². The van der Waals surface area contributed by atoms with Crippen molar-refractivity contribution in [1.82, 2.24) is 24.7 Å². The van der Waals surface area contributed by atoms with Gasteiger partial charge in [-0.15, -0.1) is 5.10 Å². The number of nitrogens with two attached hydrogens (primary N) is 1. The molecule has 3 N–H and O–H groups in total. The summed E-state index contributed by atoms with van der Waals surface area (Å²) in [5.41, 5.74) is 6.82. The molecule has 0 atom stereocenters. The lowest BCUT2D eigenvalue weighted by Crippen LogP contribution is -2.06. The molecule has 0 saturated heterocycles. The second-order valence-electron chi connectivity index (χ2n) is 6.59. The molecular formula is C23H38ClN7O5. The predicted octanol–water partition coefficient (Wildman–Crippen LogP) is 5.22. The molecule has 0 aliphatic rings. The Bertz CT molecular complexity index is 1050. The summed E-state index contributed by atoms with van der Waals surface area (Å²) in [7, 11) is 3.03. The first-order chi connectivity index (χ1) is 17.2. The summed E-state index contributed by atoms with van der Waals surface area (Å²) < 4.78 is 16.9. The highest BCUT2D eigenvalue weighted by atomic mass is 35.5. The maximum Gasteiger partial charge on any atom is 0.353 e. The van der Waals surface area contributed by atoms with Crippen LogP contribution in [0.1, 0.15) is 51.2 Å². The number of nitro groups is 1. The number of halogens is 1. The SMILES string of the molecule is CC.CC.COCCCOc1nn(-c2cnc(C)nc2OC)c(C)c1[N+](=O)[O-].Cc1c(Cl)c[nH]c1N. The van der Waals surface area contributed by atoms with E-state index in [4.69, 9.17) is 31.5 Å². The highest BCUT2D eigenvalue weighted by molar-refractivity contribution is 6.31. The second-order valence-corrected chi connectivity index (χ2v) is 7.00. The number of nitrogens with zero attached hydrogens (tertiary/aromatic N) is 5. The van der Waals surface area contributed by atoms with E-state index in [9.17, 15) is 10.1 Å². The first-order valence-corrected chi connectivity index (χ1v) is 11.9. The molecule has 0 spiro atoms. The third-order valence-corrected chi connectivity index (χ3v) is 4.75. The quantitative estimate of drug-likeness (QED) is 0.227. The lowest BCUT2D eigenvalue weighted by atomic mass is 10.3. The molecule has 3 heterocycles. The number of rotatable bonds is 8. The van der Waals surface area contributed by atoms with Crippen LogP contribution in [-0.2, 0) is 4.74 Å². The first-order valence-electron chi connectivity index (χ1n) is 11.5. The van der Waals surface area contributed by atoms with E-state index < -0.39 is 4.92 Å². The summed E-state index contributed by atoms with van der Waals surface area (Å²) in [6, 6.07) is 0. The van der Waals surface area contributed by atoms with Crippen molar-refractivity contribution in [3.05, 3.63) is 44.6 Å². The van der Waals surface area contributed by atoms with E-state index >= 15 is 0 Å². The fourth-order valence-electron chi connectivity index (χ4n) is 2.61. The van der Waals surface area contributed by atoms with Crippen LogP contribution in [0.5, 0.6) is 11.8 Å². The highest BCUT2D eigenvalue weighted by Crippen LogP contribution is 2.33. The van der Waals surface area contributed by atoms with Gasteiger partial charge >= 0.3 is 11.6 Å². The van der Waals surface area contributed by atoms with E-state index in [1.54, 1.807) is 27.2 Å². The van der Waals surface area contributed by atoms with Crippen molar-refractivity contribution in [1.29, 1.82) is 0 Å². The molecule has 0 saturated carbocycles. The Balaban J connectivity index is 0.000000850. The zero-order valence-corrected chi connectivity index (χ0v) is 23.3. The van der Waals surface area contributed by atoms with Crippen LogP contribution in [0.15, 0.2) is 12.4 Å². The van der Waals surface area contributed by atoms with Crippen molar-refractivity contribution in [2.75, 3.05) is 33.2 Å². The zero-order chi connectivity index (χ0) is 27.8. The molecule has 12 nitrogen and oxygen atoms in total. The highest BCUT2D eigenvalue weighted by Gasteiger charge is 2.28. The normalized spacial score (nSPS) is 9.61. The smallest absolute Gasteiger partial charge is 0.353 e. The van der Waals surface area contributed by atoms with Gasteiger partial charge < -0.3 is 24.9 Å². The number of hydrogen-bond acceptors (Lipinski definition) is 9. The lowest BCUT2D eigenvalue weighted by Gasteiger charge is -2.08. The van der Waals surface area contributed by atoms with Gasteiger partial charge in [0.2, 0.25) is 5.88 Å². The lowest BCUT2D eigenvalue weighted by molar-refractivity contribution is -0.386. The monoisotopic (exact) mass is 527 g/mol. The Morgan fingerprint density at radius 2 is 1.78 bits per heavy atom. The van der Waals surface area contributed by atoms with Crippen molar-refractivity contribution in [2.24, 2.45) is 0 Å². The Hall–Kier alpha value is -3.38. The maximum absolute atomic E-state index is 11.4. The number of H-pyrrole nitrogens is 1. The van der Waals surface area contributed by atoms with E-state index in [1.165, 1.54) is 18.0 Å². The molecular weight excluding hydrogens is 490 g/mol. The maximum atomic E-state index is 11.4. The molecule has 0 aliphatic carbocycles.